The molecule has 4 rings (SSSR count). The molecule has 2 aliphatic rings. The molecule has 1 saturated heterocycles. The Morgan fingerprint density at radius 3 is 2.55 bits per heavy atom. The minimum atomic E-state index is -0.126. The third kappa shape index (κ3) is 4.54. The Morgan fingerprint density at radius 2 is 1.87 bits per heavy atom. The molecule has 1 aliphatic carbocycles. The highest BCUT2D eigenvalue weighted by Gasteiger charge is 2.41. The van der Waals surface area contributed by atoms with Gasteiger partial charge in [0.2, 0.25) is 11.8 Å². The Labute approximate surface area is 186 Å². The lowest BCUT2D eigenvalue weighted by molar-refractivity contribution is -0.137. The van der Waals surface area contributed by atoms with Crippen molar-refractivity contribution in [1.82, 2.24) is 19.9 Å². The summed E-state index contributed by atoms with van der Waals surface area (Å²) in [5, 5.41) is 4.46. The average molecular weight is 425 g/mol. The molecule has 1 aromatic carbocycles. The molecular weight excluding hydrogens is 388 g/mol. The van der Waals surface area contributed by atoms with Crippen LogP contribution in [0.2, 0.25) is 0 Å². The summed E-state index contributed by atoms with van der Waals surface area (Å²) in [6.45, 7) is 10.1. The van der Waals surface area contributed by atoms with Crippen LogP contribution in [0.3, 0.4) is 0 Å². The van der Waals surface area contributed by atoms with E-state index in [2.05, 4.69) is 55.1 Å². The van der Waals surface area contributed by atoms with Crippen molar-refractivity contribution in [3.8, 4) is 0 Å². The predicted molar refractivity (Wildman–Crippen MR) is 121 cm³/mol. The van der Waals surface area contributed by atoms with Crippen molar-refractivity contribution in [3.05, 3.63) is 47.1 Å². The van der Waals surface area contributed by atoms with E-state index in [0.29, 0.717) is 12.4 Å². The maximum absolute atomic E-state index is 12.8. The Morgan fingerprint density at radius 1 is 1.16 bits per heavy atom. The van der Waals surface area contributed by atoms with Gasteiger partial charge in [0, 0.05) is 19.6 Å². The van der Waals surface area contributed by atoms with Crippen molar-refractivity contribution in [1.29, 1.82) is 0 Å². The molecule has 1 saturated carbocycles. The van der Waals surface area contributed by atoms with Crippen LogP contribution in [-0.4, -0.2) is 52.0 Å². The number of rotatable bonds is 7. The number of likely N-dealkylation sites (tertiary alicyclic amines) is 1. The minimum Gasteiger partial charge on any atom is -0.343 e. The molecule has 2 heterocycles. The monoisotopic (exact) mass is 424 g/mol. The van der Waals surface area contributed by atoms with Crippen LogP contribution in [-0.2, 0) is 16.8 Å². The molecule has 168 valence electrons. The maximum Gasteiger partial charge on any atom is 0.240 e. The second kappa shape index (κ2) is 9.51. The van der Waals surface area contributed by atoms with Crippen LogP contribution in [0.5, 0.6) is 0 Å². The van der Waals surface area contributed by atoms with Gasteiger partial charge in [-0.05, 0) is 58.6 Å². The van der Waals surface area contributed by atoms with E-state index in [-0.39, 0.29) is 17.2 Å². The minimum absolute atomic E-state index is 0.0739. The maximum atomic E-state index is 12.8. The van der Waals surface area contributed by atoms with Gasteiger partial charge in [0.15, 0.2) is 5.82 Å². The van der Waals surface area contributed by atoms with Crippen molar-refractivity contribution in [2.24, 2.45) is 5.92 Å². The molecule has 6 heteroatoms. The van der Waals surface area contributed by atoms with Gasteiger partial charge in [-0.15, -0.1) is 0 Å². The molecule has 0 bridgehead atoms. The van der Waals surface area contributed by atoms with Crippen molar-refractivity contribution in [2.45, 2.75) is 71.3 Å². The van der Waals surface area contributed by atoms with Crippen LogP contribution in [0.15, 0.2) is 28.8 Å². The second-order valence-electron chi connectivity index (χ2n) is 9.25. The Balaban J connectivity index is 1.47. The number of benzene rings is 1. The van der Waals surface area contributed by atoms with Crippen LogP contribution in [0.25, 0.3) is 0 Å². The molecule has 2 fully saturated rings. The molecular formula is C25H36N4O2. The highest BCUT2D eigenvalue weighted by Crippen LogP contribution is 2.45. The molecule has 0 radical (unpaired) electrons. The number of piperidine rings is 1. The first-order chi connectivity index (χ1) is 15.1. The largest absolute Gasteiger partial charge is 0.343 e. The number of carbonyl (C=O) groups is 1. The zero-order valence-corrected chi connectivity index (χ0v) is 19.3. The second-order valence-corrected chi connectivity index (χ2v) is 9.25. The first-order valence-corrected chi connectivity index (χ1v) is 12.0. The summed E-state index contributed by atoms with van der Waals surface area (Å²) in [5.41, 5.74) is 2.44. The quantitative estimate of drug-likeness (QED) is 0.662. The molecule has 0 N–H and O–H groups in total. The Hall–Kier alpha value is -2.21. The summed E-state index contributed by atoms with van der Waals surface area (Å²) in [6, 6.07) is 8.81. The summed E-state index contributed by atoms with van der Waals surface area (Å²) < 4.78 is 5.74. The number of amides is 1. The van der Waals surface area contributed by atoms with Gasteiger partial charge >= 0.3 is 0 Å². The van der Waals surface area contributed by atoms with Crippen molar-refractivity contribution < 1.29 is 9.32 Å². The van der Waals surface area contributed by atoms with Gasteiger partial charge < -0.3 is 9.42 Å². The fourth-order valence-electron chi connectivity index (χ4n) is 5.39. The van der Waals surface area contributed by atoms with E-state index >= 15 is 0 Å². The lowest BCUT2D eigenvalue weighted by Gasteiger charge is -2.33. The molecule has 1 aliphatic heterocycles. The Kier molecular flexibility index (Phi) is 6.75. The van der Waals surface area contributed by atoms with Gasteiger partial charge in [0.1, 0.15) is 0 Å². The van der Waals surface area contributed by atoms with Crippen LogP contribution >= 0.6 is 0 Å². The highest BCUT2D eigenvalue weighted by atomic mass is 16.5. The summed E-state index contributed by atoms with van der Waals surface area (Å²) in [7, 11) is 0. The molecule has 0 unspecified atom stereocenters. The van der Waals surface area contributed by atoms with Crippen molar-refractivity contribution in [2.75, 3.05) is 26.2 Å². The molecule has 1 aromatic heterocycles. The van der Waals surface area contributed by atoms with Gasteiger partial charge in [-0.1, -0.05) is 47.8 Å². The van der Waals surface area contributed by atoms with Crippen LogP contribution in [0, 0.1) is 12.8 Å². The average Bonchev–Trinajstić information content (AvgIpc) is 3.46. The van der Waals surface area contributed by atoms with E-state index in [1.807, 2.05) is 4.90 Å². The van der Waals surface area contributed by atoms with Gasteiger partial charge in [0.25, 0.3) is 0 Å². The first kappa shape index (κ1) is 22.0. The van der Waals surface area contributed by atoms with E-state index in [1.165, 1.54) is 24.0 Å². The molecule has 2 aromatic rings. The molecule has 1 amide bonds. The number of aryl methyl sites for hydroxylation is 1. The topological polar surface area (TPSA) is 62.5 Å². The first-order valence-electron chi connectivity index (χ1n) is 12.0. The standard InChI is InChI=1S/C25H36N4O2/c1-4-29(5-2)23(30)20-9-8-16-28(17-20)18-22-26-24(27-31-22)25(14-6-7-15-25)21-12-10-19(3)11-13-21/h10-13,20H,4-9,14-18H2,1-3H3/t20-/m0/s1. The van der Waals surface area contributed by atoms with Crippen LogP contribution in [0.1, 0.15) is 75.2 Å². The number of aromatic nitrogens is 2. The number of nitrogens with zero attached hydrogens (tertiary/aromatic N) is 4. The summed E-state index contributed by atoms with van der Waals surface area (Å²) in [4.78, 5) is 21.9. The summed E-state index contributed by atoms with van der Waals surface area (Å²) in [6.07, 6.45) is 6.53. The van der Waals surface area contributed by atoms with Crippen molar-refractivity contribution >= 4 is 5.91 Å². The summed E-state index contributed by atoms with van der Waals surface area (Å²) >= 11 is 0. The van der Waals surface area contributed by atoms with E-state index in [0.717, 1.165) is 57.7 Å². The molecule has 0 spiro atoms. The fraction of sp³-hybridized carbons (Fsp3) is 0.640. The fourth-order valence-corrected chi connectivity index (χ4v) is 5.39. The van der Waals surface area contributed by atoms with E-state index < -0.39 is 0 Å². The van der Waals surface area contributed by atoms with Crippen LogP contribution in [0.4, 0.5) is 0 Å². The van der Waals surface area contributed by atoms with E-state index in [9.17, 15) is 4.79 Å². The Bertz CT molecular complexity index is 866. The molecule has 6 nitrogen and oxygen atoms in total. The lowest BCUT2D eigenvalue weighted by Crippen LogP contribution is -2.44. The van der Waals surface area contributed by atoms with E-state index in [1.54, 1.807) is 0 Å². The lowest BCUT2D eigenvalue weighted by atomic mass is 9.78. The zero-order chi connectivity index (χ0) is 21.8. The smallest absolute Gasteiger partial charge is 0.240 e. The summed E-state index contributed by atoms with van der Waals surface area (Å²) in [5.74, 6) is 1.86. The van der Waals surface area contributed by atoms with Gasteiger partial charge in [0.05, 0.1) is 17.9 Å². The normalized spacial score (nSPS) is 21.3. The third-order valence-corrected chi connectivity index (χ3v) is 7.25. The number of hydrogen-bond acceptors (Lipinski definition) is 5. The molecule has 31 heavy (non-hydrogen) atoms. The van der Waals surface area contributed by atoms with Crippen LogP contribution < -0.4 is 0 Å². The highest BCUT2D eigenvalue weighted by molar-refractivity contribution is 5.79. The van der Waals surface area contributed by atoms with Gasteiger partial charge in [-0.3, -0.25) is 9.69 Å². The SMILES string of the molecule is CCN(CC)C(=O)[C@H]1CCCN(Cc2nc(C3(c4ccc(C)cc4)CCCC3)no2)C1. The third-order valence-electron chi connectivity index (χ3n) is 7.25. The van der Waals surface area contributed by atoms with Crippen molar-refractivity contribution in [3.63, 3.8) is 0 Å². The van der Waals surface area contributed by atoms with E-state index in [4.69, 9.17) is 9.51 Å². The zero-order valence-electron chi connectivity index (χ0n) is 19.3. The van der Waals surface area contributed by atoms with Gasteiger partial charge in [-0.2, -0.15) is 4.98 Å². The predicted octanol–water partition coefficient (Wildman–Crippen LogP) is 4.32. The number of carbonyl (C=O) groups excluding carboxylic acids is 1. The van der Waals surface area contributed by atoms with Gasteiger partial charge in [-0.25, -0.2) is 0 Å². The molecule has 1 atom stereocenters. The number of hydrogen-bond donors (Lipinski definition) is 0.